The van der Waals surface area contributed by atoms with Gasteiger partial charge >= 0.3 is 6.03 Å². The molecule has 2 fully saturated rings. The Morgan fingerprint density at radius 2 is 1.86 bits per heavy atom. The number of fused-ring (bicyclic) bond motifs is 1. The van der Waals surface area contributed by atoms with Crippen molar-refractivity contribution in [3.63, 3.8) is 0 Å². The van der Waals surface area contributed by atoms with Gasteiger partial charge in [-0.15, -0.1) is 0 Å². The lowest BCUT2D eigenvalue weighted by molar-refractivity contribution is -0.120. The molecule has 4 rings (SSSR count). The van der Waals surface area contributed by atoms with Gasteiger partial charge in [-0.3, -0.25) is 19.9 Å². The monoisotopic (exact) mass is 385 g/mol. The summed E-state index contributed by atoms with van der Waals surface area (Å²) in [6.07, 6.45) is 0.264. The molecule has 1 aromatic carbocycles. The van der Waals surface area contributed by atoms with Crippen molar-refractivity contribution >= 4 is 28.7 Å². The Morgan fingerprint density at radius 1 is 1.11 bits per heavy atom. The lowest BCUT2D eigenvalue weighted by atomic mass is 10.1. The van der Waals surface area contributed by atoms with Crippen molar-refractivity contribution in [2.24, 2.45) is 5.92 Å². The number of anilines is 1. The Balaban J connectivity index is 1.46. The van der Waals surface area contributed by atoms with Crippen molar-refractivity contribution in [3.05, 3.63) is 23.8 Å². The molecule has 0 bridgehead atoms. The number of nitrogens with one attached hydrogen (secondary N) is 1. The molecule has 2 aliphatic rings. The standard InChI is InChI=1S/C20H27N5O3/c1-14(2)12-23-7-9-24(10-8-23)13-15-3-4-17-16(11-15)19(22-28-17)25-6-5-18(26)21-20(25)27/h3-4,11,14H,5-10,12-13H2,1-2H3,(H,21,26,27). The van der Waals surface area contributed by atoms with E-state index in [1.807, 2.05) is 12.1 Å². The van der Waals surface area contributed by atoms with E-state index in [4.69, 9.17) is 4.52 Å². The highest BCUT2D eigenvalue weighted by molar-refractivity contribution is 6.08. The van der Waals surface area contributed by atoms with Crippen LogP contribution in [0.2, 0.25) is 0 Å². The molecule has 2 aliphatic heterocycles. The van der Waals surface area contributed by atoms with Gasteiger partial charge < -0.3 is 9.42 Å². The van der Waals surface area contributed by atoms with Gasteiger partial charge in [0.2, 0.25) is 5.91 Å². The molecule has 3 amide bonds. The number of carbonyl (C=O) groups excluding carboxylic acids is 2. The molecule has 3 heterocycles. The van der Waals surface area contributed by atoms with Crippen molar-refractivity contribution < 1.29 is 14.1 Å². The average molecular weight is 385 g/mol. The summed E-state index contributed by atoms with van der Waals surface area (Å²) in [6, 6.07) is 5.56. The summed E-state index contributed by atoms with van der Waals surface area (Å²) < 4.78 is 5.40. The van der Waals surface area contributed by atoms with Gasteiger partial charge in [-0.25, -0.2) is 4.79 Å². The number of imide groups is 1. The highest BCUT2D eigenvalue weighted by Crippen LogP contribution is 2.28. The number of aromatic nitrogens is 1. The zero-order chi connectivity index (χ0) is 19.7. The van der Waals surface area contributed by atoms with Crippen molar-refractivity contribution in [2.75, 3.05) is 44.2 Å². The van der Waals surface area contributed by atoms with Crippen LogP contribution in [0, 0.1) is 5.92 Å². The summed E-state index contributed by atoms with van der Waals surface area (Å²) in [4.78, 5) is 30.0. The van der Waals surface area contributed by atoms with Crippen molar-refractivity contribution in [1.29, 1.82) is 0 Å². The van der Waals surface area contributed by atoms with Crippen molar-refractivity contribution in [1.82, 2.24) is 20.3 Å². The van der Waals surface area contributed by atoms with Crippen molar-refractivity contribution in [2.45, 2.75) is 26.8 Å². The largest absolute Gasteiger partial charge is 0.354 e. The number of amides is 3. The topological polar surface area (TPSA) is 81.9 Å². The molecule has 0 atom stereocenters. The van der Waals surface area contributed by atoms with E-state index in [1.54, 1.807) is 0 Å². The molecule has 1 N–H and O–H groups in total. The fourth-order valence-electron chi connectivity index (χ4n) is 3.94. The van der Waals surface area contributed by atoms with E-state index in [9.17, 15) is 9.59 Å². The molecule has 0 radical (unpaired) electrons. The van der Waals surface area contributed by atoms with E-state index in [0.29, 0.717) is 23.9 Å². The summed E-state index contributed by atoms with van der Waals surface area (Å²) in [7, 11) is 0. The number of benzene rings is 1. The van der Waals surface area contributed by atoms with Gasteiger partial charge in [0, 0.05) is 52.2 Å². The molecule has 1 aromatic heterocycles. The summed E-state index contributed by atoms with van der Waals surface area (Å²) >= 11 is 0. The second-order valence-electron chi connectivity index (χ2n) is 8.06. The summed E-state index contributed by atoms with van der Waals surface area (Å²) in [5.41, 5.74) is 1.81. The van der Waals surface area contributed by atoms with Crippen LogP contribution in [0.5, 0.6) is 0 Å². The highest BCUT2D eigenvalue weighted by Gasteiger charge is 2.28. The number of urea groups is 1. The first-order chi connectivity index (χ1) is 13.5. The Labute approximate surface area is 164 Å². The predicted octanol–water partition coefficient (Wildman–Crippen LogP) is 2.05. The molecular formula is C20H27N5O3. The fraction of sp³-hybridized carbons (Fsp3) is 0.550. The van der Waals surface area contributed by atoms with Crippen LogP contribution in [-0.2, 0) is 11.3 Å². The first-order valence-corrected chi connectivity index (χ1v) is 9.94. The Morgan fingerprint density at radius 3 is 2.57 bits per heavy atom. The first kappa shape index (κ1) is 18.9. The normalized spacial score (nSPS) is 19.6. The van der Waals surface area contributed by atoms with Crippen LogP contribution in [0.25, 0.3) is 11.0 Å². The van der Waals surface area contributed by atoms with E-state index < -0.39 is 6.03 Å². The first-order valence-electron chi connectivity index (χ1n) is 9.94. The zero-order valence-electron chi connectivity index (χ0n) is 16.5. The van der Waals surface area contributed by atoms with Crippen LogP contribution in [0.15, 0.2) is 22.7 Å². The SMILES string of the molecule is CC(C)CN1CCN(Cc2ccc3onc(N4CCC(=O)NC4=O)c3c2)CC1. The number of hydrogen-bond donors (Lipinski definition) is 1. The number of rotatable bonds is 5. The van der Waals surface area contributed by atoms with E-state index >= 15 is 0 Å². The second kappa shape index (κ2) is 7.89. The smallest absolute Gasteiger partial charge is 0.329 e. The molecule has 8 nitrogen and oxygen atoms in total. The lowest BCUT2D eigenvalue weighted by Crippen LogP contribution is -2.49. The minimum atomic E-state index is -0.446. The molecule has 150 valence electrons. The molecule has 2 saturated heterocycles. The van der Waals surface area contributed by atoms with E-state index in [0.717, 1.165) is 44.7 Å². The number of piperazine rings is 1. The van der Waals surface area contributed by atoms with Crippen LogP contribution in [0.3, 0.4) is 0 Å². The Bertz CT molecular complexity index is 870. The quantitative estimate of drug-likeness (QED) is 0.848. The molecule has 0 saturated carbocycles. The van der Waals surface area contributed by atoms with Crippen LogP contribution >= 0.6 is 0 Å². The van der Waals surface area contributed by atoms with Crippen molar-refractivity contribution in [3.8, 4) is 0 Å². The summed E-state index contributed by atoms with van der Waals surface area (Å²) in [5.74, 6) is 0.915. The van der Waals surface area contributed by atoms with Gasteiger partial charge in [-0.1, -0.05) is 25.1 Å². The molecule has 0 unspecified atom stereocenters. The molecule has 0 aliphatic carbocycles. The molecule has 28 heavy (non-hydrogen) atoms. The summed E-state index contributed by atoms with van der Waals surface area (Å²) in [5, 5.41) is 7.22. The highest BCUT2D eigenvalue weighted by atomic mass is 16.5. The van der Waals surface area contributed by atoms with Gasteiger partial charge in [0.1, 0.15) is 0 Å². The van der Waals surface area contributed by atoms with Gasteiger partial charge in [0.25, 0.3) is 0 Å². The number of nitrogens with zero attached hydrogens (tertiary/aromatic N) is 4. The van der Waals surface area contributed by atoms with E-state index in [2.05, 4.69) is 40.2 Å². The third-order valence-corrected chi connectivity index (χ3v) is 5.32. The van der Waals surface area contributed by atoms with Gasteiger partial charge in [0.05, 0.1) is 5.39 Å². The lowest BCUT2D eigenvalue weighted by Gasteiger charge is -2.35. The van der Waals surface area contributed by atoms with Crippen LogP contribution in [0.1, 0.15) is 25.8 Å². The molecule has 0 spiro atoms. The maximum atomic E-state index is 12.2. The maximum Gasteiger partial charge on any atom is 0.329 e. The minimum absolute atomic E-state index is 0.258. The summed E-state index contributed by atoms with van der Waals surface area (Å²) in [6.45, 7) is 11.2. The van der Waals surface area contributed by atoms with Gasteiger partial charge in [-0.05, 0) is 23.6 Å². The second-order valence-corrected chi connectivity index (χ2v) is 8.06. The maximum absolute atomic E-state index is 12.2. The molecular weight excluding hydrogens is 358 g/mol. The van der Waals surface area contributed by atoms with Crippen LogP contribution < -0.4 is 10.2 Å². The number of hydrogen-bond acceptors (Lipinski definition) is 6. The minimum Gasteiger partial charge on any atom is -0.354 e. The number of carbonyl (C=O) groups is 2. The van der Waals surface area contributed by atoms with Gasteiger partial charge in [0.15, 0.2) is 11.4 Å². The molecule has 2 aromatic rings. The zero-order valence-corrected chi connectivity index (χ0v) is 16.5. The Kier molecular flexibility index (Phi) is 5.32. The predicted molar refractivity (Wildman–Crippen MR) is 106 cm³/mol. The third kappa shape index (κ3) is 4.02. The Hall–Kier alpha value is -2.45. The van der Waals surface area contributed by atoms with Crippen LogP contribution in [-0.4, -0.2) is 66.2 Å². The van der Waals surface area contributed by atoms with Gasteiger partial charge in [-0.2, -0.15) is 0 Å². The fourth-order valence-corrected chi connectivity index (χ4v) is 3.94. The van der Waals surface area contributed by atoms with E-state index in [1.165, 1.54) is 10.5 Å². The third-order valence-electron chi connectivity index (χ3n) is 5.32. The van der Waals surface area contributed by atoms with E-state index in [-0.39, 0.29) is 12.3 Å². The average Bonchev–Trinajstić information content (AvgIpc) is 3.06. The molecule has 8 heteroatoms. The van der Waals surface area contributed by atoms with Crippen LogP contribution in [0.4, 0.5) is 10.6 Å².